The van der Waals surface area contributed by atoms with Crippen LogP contribution in [0.1, 0.15) is 32.6 Å². The van der Waals surface area contributed by atoms with Crippen molar-refractivity contribution in [2.75, 3.05) is 6.54 Å². The number of halogens is 2. The maximum Gasteiger partial charge on any atom is 0.387 e. The van der Waals surface area contributed by atoms with Crippen LogP contribution in [0.15, 0.2) is 49.1 Å². The number of amides is 1. The summed E-state index contributed by atoms with van der Waals surface area (Å²) in [5.74, 6) is -0.175. The van der Waals surface area contributed by atoms with Crippen LogP contribution in [-0.2, 0) is 6.54 Å². The van der Waals surface area contributed by atoms with Crippen LogP contribution in [0, 0.1) is 25.2 Å². The molecule has 0 unspecified atom stereocenters. The van der Waals surface area contributed by atoms with Gasteiger partial charge in [0, 0.05) is 18.7 Å². The molecule has 2 rings (SSSR count). The van der Waals surface area contributed by atoms with E-state index >= 15 is 0 Å². The minimum Gasteiger partial charge on any atom is -0.434 e. The molecule has 6 heteroatoms. The molecule has 0 N–H and O–H groups in total. The van der Waals surface area contributed by atoms with Crippen molar-refractivity contribution >= 4 is 5.91 Å². The molecule has 0 fully saturated rings. The molecule has 0 saturated heterocycles. The van der Waals surface area contributed by atoms with E-state index in [2.05, 4.69) is 17.4 Å². The van der Waals surface area contributed by atoms with E-state index in [1.807, 2.05) is 6.07 Å². The molecule has 140 valence electrons. The minimum absolute atomic E-state index is 0.0820. The second kappa shape index (κ2) is 8.95. The zero-order chi connectivity index (χ0) is 20.0. The van der Waals surface area contributed by atoms with Crippen molar-refractivity contribution in [1.29, 1.82) is 5.26 Å². The Bertz CT molecular complexity index is 865. The highest BCUT2D eigenvalue weighted by Gasteiger charge is 2.19. The van der Waals surface area contributed by atoms with Gasteiger partial charge in [0.15, 0.2) is 0 Å². The number of aryl methyl sites for hydroxylation is 2. The lowest BCUT2D eigenvalue weighted by atomic mass is 10.0. The monoisotopic (exact) mass is 370 g/mol. The van der Waals surface area contributed by atoms with Crippen molar-refractivity contribution in [1.82, 2.24) is 4.90 Å². The number of ether oxygens (including phenoxy) is 1. The number of carbonyl (C=O) groups is 1. The molecule has 0 heterocycles. The molecule has 4 nitrogen and oxygen atoms in total. The fourth-order valence-electron chi connectivity index (χ4n) is 2.87. The first-order chi connectivity index (χ1) is 12.8. The summed E-state index contributed by atoms with van der Waals surface area (Å²) in [6.07, 6.45) is 1.61. The standard InChI is InChI=1S/C21H20F2N2O2/c1-4-8-25(13-17-7-5-6-16(11-17)12-24)20(26)18-9-14(2)19(15(3)10-18)27-21(22)23/h4-7,9-11,21H,1,8,13H2,2-3H3. The first kappa shape index (κ1) is 20.1. The largest absolute Gasteiger partial charge is 0.434 e. The Balaban J connectivity index is 2.31. The van der Waals surface area contributed by atoms with E-state index in [4.69, 9.17) is 5.26 Å². The van der Waals surface area contributed by atoms with Gasteiger partial charge in [-0.1, -0.05) is 18.2 Å². The Morgan fingerprint density at radius 3 is 2.52 bits per heavy atom. The number of benzene rings is 2. The summed E-state index contributed by atoms with van der Waals surface area (Å²) in [6, 6.07) is 12.2. The van der Waals surface area contributed by atoms with Gasteiger partial charge < -0.3 is 9.64 Å². The topological polar surface area (TPSA) is 53.3 Å². The van der Waals surface area contributed by atoms with Gasteiger partial charge in [0.2, 0.25) is 0 Å². The Hall–Kier alpha value is -3.20. The lowest BCUT2D eigenvalue weighted by molar-refractivity contribution is -0.0507. The van der Waals surface area contributed by atoms with Crippen LogP contribution in [0.2, 0.25) is 0 Å². The summed E-state index contributed by atoms with van der Waals surface area (Å²) in [5, 5.41) is 9.02. The summed E-state index contributed by atoms with van der Waals surface area (Å²) in [5.41, 5.74) is 2.63. The van der Waals surface area contributed by atoms with E-state index in [0.717, 1.165) is 5.56 Å². The number of nitriles is 1. The zero-order valence-electron chi connectivity index (χ0n) is 15.2. The van der Waals surface area contributed by atoms with E-state index in [1.165, 1.54) is 12.1 Å². The summed E-state index contributed by atoms with van der Waals surface area (Å²) in [7, 11) is 0. The smallest absolute Gasteiger partial charge is 0.387 e. The van der Waals surface area contributed by atoms with Crippen molar-refractivity contribution in [3.63, 3.8) is 0 Å². The summed E-state index contributed by atoms with van der Waals surface area (Å²) in [4.78, 5) is 14.5. The summed E-state index contributed by atoms with van der Waals surface area (Å²) >= 11 is 0. The molecule has 27 heavy (non-hydrogen) atoms. The highest BCUT2D eigenvalue weighted by atomic mass is 19.3. The number of hydrogen-bond donors (Lipinski definition) is 0. The molecule has 0 aliphatic heterocycles. The van der Waals surface area contributed by atoms with Gasteiger partial charge in [-0.15, -0.1) is 6.58 Å². The molecule has 1 amide bonds. The predicted octanol–water partition coefficient (Wildman–Crippen LogP) is 4.60. The fourth-order valence-corrected chi connectivity index (χ4v) is 2.87. The third-order valence-corrected chi connectivity index (χ3v) is 3.98. The van der Waals surface area contributed by atoms with Gasteiger partial charge in [0.05, 0.1) is 11.6 Å². The molecular formula is C21H20F2N2O2. The van der Waals surface area contributed by atoms with Crippen molar-refractivity contribution in [2.24, 2.45) is 0 Å². The SMILES string of the molecule is C=CCN(Cc1cccc(C#N)c1)C(=O)c1cc(C)c(OC(F)F)c(C)c1. The van der Waals surface area contributed by atoms with Crippen LogP contribution in [0.4, 0.5) is 8.78 Å². The first-order valence-electron chi connectivity index (χ1n) is 8.31. The van der Waals surface area contributed by atoms with Crippen LogP contribution in [0.3, 0.4) is 0 Å². The Labute approximate surface area is 157 Å². The van der Waals surface area contributed by atoms with Gasteiger partial charge >= 0.3 is 6.61 Å². The highest BCUT2D eigenvalue weighted by molar-refractivity contribution is 5.95. The Morgan fingerprint density at radius 1 is 1.30 bits per heavy atom. The molecule has 0 radical (unpaired) electrons. The third-order valence-electron chi connectivity index (χ3n) is 3.98. The number of rotatable bonds is 7. The maximum atomic E-state index is 13.0. The van der Waals surface area contributed by atoms with Gasteiger partial charge in [-0.25, -0.2) is 0 Å². The summed E-state index contributed by atoms with van der Waals surface area (Å²) in [6.45, 7) is 4.61. The molecule has 0 spiro atoms. The van der Waals surface area contributed by atoms with Crippen molar-refractivity contribution in [2.45, 2.75) is 27.0 Å². The average molecular weight is 370 g/mol. The van der Waals surface area contributed by atoms with Crippen molar-refractivity contribution < 1.29 is 18.3 Å². The Kier molecular flexibility index (Phi) is 6.67. The van der Waals surface area contributed by atoms with Crippen molar-refractivity contribution in [3.8, 4) is 11.8 Å². The Morgan fingerprint density at radius 2 is 1.96 bits per heavy atom. The fraction of sp³-hybridized carbons (Fsp3) is 0.238. The van der Waals surface area contributed by atoms with E-state index in [-0.39, 0.29) is 11.7 Å². The van der Waals surface area contributed by atoms with Crippen LogP contribution >= 0.6 is 0 Å². The van der Waals surface area contributed by atoms with Crippen LogP contribution < -0.4 is 4.74 Å². The molecule has 0 saturated carbocycles. The molecule has 0 bridgehead atoms. The average Bonchev–Trinajstić information content (AvgIpc) is 2.63. The second-order valence-electron chi connectivity index (χ2n) is 6.10. The van der Waals surface area contributed by atoms with Gasteiger partial charge in [-0.05, 0) is 54.8 Å². The van der Waals surface area contributed by atoms with E-state index in [0.29, 0.717) is 35.3 Å². The number of hydrogen-bond acceptors (Lipinski definition) is 3. The van der Waals surface area contributed by atoms with Crippen LogP contribution in [-0.4, -0.2) is 24.0 Å². The predicted molar refractivity (Wildman–Crippen MR) is 98.6 cm³/mol. The quantitative estimate of drug-likeness (QED) is 0.669. The normalized spacial score (nSPS) is 10.4. The van der Waals surface area contributed by atoms with E-state index < -0.39 is 6.61 Å². The molecule has 0 aromatic heterocycles. The molecular weight excluding hydrogens is 350 g/mol. The number of alkyl halides is 2. The van der Waals surface area contributed by atoms with Crippen LogP contribution in [0.25, 0.3) is 0 Å². The minimum atomic E-state index is -2.92. The van der Waals surface area contributed by atoms with E-state index in [1.54, 1.807) is 43.0 Å². The van der Waals surface area contributed by atoms with Crippen molar-refractivity contribution in [3.05, 3.63) is 76.9 Å². The zero-order valence-corrected chi connectivity index (χ0v) is 15.2. The first-order valence-corrected chi connectivity index (χ1v) is 8.31. The molecule has 0 aliphatic rings. The molecule has 2 aromatic carbocycles. The molecule has 0 atom stereocenters. The lowest BCUT2D eigenvalue weighted by Gasteiger charge is -2.22. The van der Waals surface area contributed by atoms with Crippen LogP contribution in [0.5, 0.6) is 5.75 Å². The third kappa shape index (κ3) is 5.14. The summed E-state index contributed by atoms with van der Waals surface area (Å²) < 4.78 is 29.6. The maximum absolute atomic E-state index is 13.0. The second-order valence-corrected chi connectivity index (χ2v) is 6.10. The lowest BCUT2D eigenvalue weighted by Crippen LogP contribution is -2.31. The van der Waals surface area contributed by atoms with Gasteiger partial charge in [-0.3, -0.25) is 4.79 Å². The number of carbonyl (C=O) groups excluding carboxylic acids is 1. The van der Waals surface area contributed by atoms with Gasteiger partial charge in [-0.2, -0.15) is 14.0 Å². The van der Waals surface area contributed by atoms with Gasteiger partial charge in [0.25, 0.3) is 5.91 Å². The molecule has 0 aliphatic carbocycles. The number of nitrogens with zero attached hydrogens (tertiary/aromatic N) is 2. The van der Waals surface area contributed by atoms with E-state index in [9.17, 15) is 13.6 Å². The van der Waals surface area contributed by atoms with Gasteiger partial charge in [0.1, 0.15) is 5.75 Å². The highest BCUT2D eigenvalue weighted by Crippen LogP contribution is 2.27. The molecule has 2 aromatic rings.